The Balaban J connectivity index is 1.11. The van der Waals surface area contributed by atoms with Crippen LogP contribution in [0.25, 0.3) is 66.1 Å². The van der Waals surface area contributed by atoms with Crippen LogP contribution in [0.2, 0.25) is 0 Å². The molecular weight excluding hydrogens is 803 g/mol. The Morgan fingerprint density at radius 2 is 0.818 bits per heavy atom. The molecule has 2 aliphatic carbocycles. The summed E-state index contributed by atoms with van der Waals surface area (Å²) in [5, 5.41) is 4.32. The van der Waals surface area contributed by atoms with E-state index in [1.165, 1.54) is 55.6 Å². The van der Waals surface area contributed by atoms with Gasteiger partial charge in [0.15, 0.2) is 5.58 Å². The predicted molar refractivity (Wildman–Crippen MR) is 270 cm³/mol. The Bertz CT molecular complexity index is 3830. The van der Waals surface area contributed by atoms with E-state index < -0.39 is 10.8 Å². The van der Waals surface area contributed by atoms with Gasteiger partial charge in [-0.05, 0) is 105 Å². The molecule has 0 saturated carbocycles. The first-order chi connectivity index (χ1) is 32.6. The van der Waals surface area contributed by atoms with Crippen molar-refractivity contribution in [1.82, 2.24) is 0 Å². The summed E-state index contributed by atoms with van der Waals surface area (Å²) in [5.74, 6) is 0. The van der Waals surface area contributed by atoms with Crippen molar-refractivity contribution in [2.75, 3.05) is 4.90 Å². The minimum atomic E-state index is -0.581. The maximum absolute atomic E-state index is 7.03. The molecule has 12 aromatic rings. The number of fused-ring (bicyclic) bond motifs is 12. The summed E-state index contributed by atoms with van der Waals surface area (Å²) >= 11 is 0. The van der Waals surface area contributed by atoms with Gasteiger partial charge in [0.1, 0.15) is 16.7 Å². The highest BCUT2D eigenvalue weighted by Crippen LogP contribution is 2.59. The lowest BCUT2D eigenvalue weighted by molar-refractivity contribution is 0.638. The van der Waals surface area contributed by atoms with E-state index in [1.54, 1.807) is 0 Å². The Morgan fingerprint density at radius 3 is 1.47 bits per heavy atom. The average molecular weight is 844 g/mol. The quantitative estimate of drug-likeness (QED) is 0.167. The molecular formula is C63H41NO2. The first kappa shape index (κ1) is 37.0. The summed E-state index contributed by atoms with van der Waals surface area (Å²) in [6, 6.07) is 84.1. The van der Waals surface area contributed by atoms with Gasteiger partial charge in [-0.25, -0.2) is 0 Å². The Labute approximate surface area is 382 Å². The number of nitrogens with zero attached hydrogens (tertiary/aromatic N) is 1. The molecule has 3 heteroatoms. The molecule has 0 spiro atoms. The Kier molecular flexibility index (Phi) is 7.74. The molecule has 0 fully saturated rings. The number of hydrogen-bond donors (Lipinski definition) is 0. The van der Waals surface area contributed by atoms with Crippen molar-refractivity contribution in [2.45, 2.75) is 17.8 Å². The topological polar surface area (TPSA) is 29.5 Å². The van der Waals surface area contributed by atoms with Crippen molar-refractivity contribution in [3.05, 3.63) is 269 Å². The lowest BCUT2D eigenvalue weighted by Gasteiger charge is -2.35. The largest absolute Gasteiger partial charge is 0.456 e. The van der Waals surface area contributed by atoms with Crippen LogP contribution in [-0.4, -0.2) is 0 Å². The molecule has 66 heavy (non-hydrogen) atoms. The fraction of sp³-hybridized carbons (Fsp3) is 0.0476. The third kappa shape index (κ3) is 4.92. The number of benzene rings is 10. The SMILES string of the molecule is CC1(c2cc(N(c3ccc4c(c3)C(c3ccccc3)(c3ccccc3)c3ccccc3-4)c3cccc4c3oc3ccccc34)cc3c2oc2ccccc23)c2ccccc2-c2ccccc21. The number of hydrogen-bond acceptors (Lipinski definition) is 3. The molecule has 0 atom stereocenters. The summed E-state index contributed by atoms with van der Waals surface area (Å²) in [6.45, 7) is 2.38. The second-order valence-corrected chi connectivity index (χ2v) is 18.0. The zero-order valence-electron chi connectivity index (χ0n) is 36.2. The van der Waals surface area contributed by atoms with Crippen LogP contribution in [0.5, 0.6) is 0 Å². The first-order valence-electron chi connectivity index (χ1n) is 22.8. The van der Waals surface area contributed by atoms with Crippen molar-refractivity contribution < 1.29 is 8.83 Å². The molecule has 14 rings (SSSR count). The maximum atomic E-state index is 7.03. The molecule has 0 bridgehead atoms. The van der Waals surface area contributed by atoms with Crippen molar-refractivity contribution in [2.24, 2.45) is 0 Å². The standard InChI is InChI=1S/C63H41NO2/c1-62(52-29-13-8-23-44(52)45-24-9-14-30-53(45)62)56-39-43(37-51-49-27-12-17-34-59(49)65-60(51)56)64(57-32-18-28-50-48-26-11-16-33-58(48)66-61(50)57)42-35-36-47-46-25-10-15-31-54(46)63(55(47)38-42,40-19-4-2-5-20-40)41-21-6-3-7-22-41/h2-39H,1H3. The van der Waals surface area contributed by atoms with Crippen LogP contribution in [0, 0.1) is 0 Å². The third-order valence-corrected chi connectivity index (χ3v) is 14.8. The van der Waals surface area contributed by atoms with Gasteiger partial charge >= 0.3 is 0 Å². The van der Waals surface area contributed by atoms with Crippen LogP contribution >= 0.6 is 0 Å². The molecule has 0 amide bonds. The molecule has 10 aromatic carbocycles. The Hall–Kier alpha value is -8.40. The highest BCUT2D eigenvalue weighted by molar-refractivity contribution is 6.12. The predicted octanol–water partition coefficient (Wildman–Crippen LogP) is 16.7. The van der Waals surface area contributed by atoms with Gasteiger partial charge in [-0.2, -0.15) is 0 Å². The molecule has 0 radical (unpaired) electrons. The lowest BCUT2D eigenvalue weighted by atomic mass is 9.67. The molecule has 2 aliphatic rings. The van der Waals surface area contributed by atoms with Crippen LogP contribution < -0.4 is 4.90 Å². The summed E-state index contributed by atoms with van der Waals surface area (Å²) in [7, 11) is 0. The lowest BCUT2D eigenvalue weighted by Crippen LogP contribution is -2.28. The second kappa shape index (κ2) is 13.8. The summed E-state index contributed by atoms with van der Waals surface area (Å²) in [5.41, 5.74) is 18.9. The van der Waals surface area contributed by atoms with E-state index in [0.717, 1.165) is 66.5 Å². The molecule has 0 N–H and O–H groups in total. The van der Waals surface area contributed by atoms with Gasteiger partial charge in [-0.1, -0.05) is 188 Å². The van der Waals surface area contributed by atoms with Crippen molar-refractivity contribution in [3.8, 4) is 22.3 Å². The zero-order valence-corrected chi connectivity index (χ0v) is 36.2. The minimum Gasteiger partial charge on any atom is -0.456 e. The van der Waals surface area contributed by atoms with Gasteiger partial charge in [0.05, 0.1) is 11.1 Å². The number of furan rings is 2. The van der Waals surface area contributed by atoms with E-state index in [2.05, 4.69) is 242 Å². The minimum absolute atomic E-state index is 0.540. The highest BCUT2D eigenvalue weighted by Gasteiger charge is 2.47. The van der Waals surface area contributed by atoms with Crippen molar-refractivity contribution in [3.63, 3.8) is 0 Å². The van der Waals surface area contributed by atoms with Crippen LogP contribution in [0.15, 0.2) is 239 Å². The van der Waals surface area contributed by atoms with Gasteiger partial charge in [0.25, 0.3) is 0 Å². The van der Waals surface area contributed by atoms with E-state index in [4.69, 9.17) is 8.83 Å². The normalized spacial score (nSPS) is 14.1. The van der Waals surface area contributed by atoms with Crippen LogP contribution in [0.3, 0.4) is 0 Å². The van der Waals surface area contributed by atoms with Gasteiger partial charge < -0.3 is 13.7 Å². The van der Waals surface area contributed by atoms with Gasteiger partial charge in [0.2, 0.25) is 0 Å². The fourth-order valence-electron chi connectivity index (χ4n) is 12.0. The van der Waals surface area contributed by atoms with Crippen LogP contribution in [0.4, 0.5) is 17.1 Å². The first-order valence-corrected chi connectivity index (χ1v) is 22.8. The number of para-hydroxylation sites is 3. The molecule has 2 heterocycles. The average Bonchev–Trinajstić information content (AvgIpc) is 4.11. The number of rotatable bonds is 6. The van der Waals surface area contributed by atoms with Gasteiger partial charge in [-0.3, -0.25) is 0 Å². The molecule has 3 nitrogen and oxygen atoms in total. The van der Waals surface area contributed by atoms with Crippen LogP contribution in [-0.2, 0) is 10.8 Å². The van der Waals surface area contributed by atoms with Crippen LogP contribution in [0.1, 0.15) is 45.9 Å². The summed E-state index contributed by atoms with van der Waals surface area (Å²) in [6.07, 6.45) is 0. The van der Waals surface area contributed by atoms with E-state index in [1.807, 2.05) is 0 Å². The smallest absolute Gasteiger partial charge is 0.159 e. The molecule has 310 valence electrons. The molecule has 2 aromatic heterocycles. The third-order valence-electron chi connectivity index (χ3n) is 14.8. The van der Waals surface area contributed by atoms with Gasteiger partial charge in [0, 0.05) is 43.9 Å². The fourth-order valence-corrected chi connectivity index (χ4v) is 12.0. The zero-order chi connectivity index (χ0) is 43.6. The summed E-state index contributed by atoms with van der Waals surface area (Å²) < 4.78 is 14.0. The van der Waals surface area contributed by atoms with E-state index in [0.29, 0.717) is 0 Å². The van der Waals surface area contributed by atoms with E-state index >= 15 is 0 Å². The monoisotopic (exact) mass is 843 g/mol. The van der Waals surface area contributed by atoms with E-state index in [9.17, 15) is 0 Å². The number of anilines is 3. The maximum Gasteiger partial charge on any atom is 0.159 e. The summed E-state index contributed by atoms with van der Waals surface area (Å²) in [4.78, 5) is 2.44. The van der Waals surface area contributed by atoms with E-state index in [-0.39, 0.29) is 0 Å². The van der Waals surface area contributed by atoms with Crippen molar-refractivity contribution in [1.29, 1.82) is 0 Å². The van der Waals surface area contributed by atoms with Gasteiger partial charge in [-0.15, -0.1) is 0 Å². The highest BCUT2D eigenvalue weighted by atomic mass is 16.3. The molecule has 0 aliphatic heterocycles. The van der Waals surface area contributed by atoms with Crippen molar-refractivity contribution >= 4 is 60.9 Å². The molecule has 0 unspecified atom stereocenters. The second-order valence-electron chi connectivity index (χ2n) is 18.0. The molecule has 0 saturated heterocycles. The Morgan fingerprint density at radius 1 is 0.333 bits per heavy atom.